The van der Waals surface area contributed by atoms with E-state index in [4.69, 9.17) is 16.3 Å². The predicted molar refractivity (Wildman–Crippen MR) is 79.0 cm³/mol. The molecule has 0 spiro atoms. The SMILES string of the molecule is COc1ccc(NC(=O)c2ccc(Cl)cc2)cc1OC(F)F. The van der Waals surface area contributed by atoms with Crippen molar-refractivity contribution in [2.24, 2.45) is 0 Å². The van der Waals surface area contributed by atoms with Gasteiger partial charge in [0.25, 0.3) is 5.91 Å². The smallest absolute Gasteiger partial charge is 0.387 e. The summed E-state index contributed by atoms with van der Waals surface area (Å²) in [6, 6.07) is 10.5. The molecule has 2 aromatic rings. The van der Waals surface area contributed by atoms with E-state index >= 15 is 0 Å². The van der Waals surface area contributed by atoms with E-state index < -0.39 is 12.5 Å². The lowest BCUT2D eigenvalue weighted by Gasteiger charge is -2.12. The largest absolute Gasteiger partial charge is 0.493 e. The number of rotatable bonds is 5. The van der Waals surface area contributed by atoms with Crippen LogP contribution in [0.25, 0.3) is 0 Å². The van der Waals surface area contributed by atoms with Gasteiger partial charge < -0.3 is 14.8 Å². The molecular formula is C15H12ClF2NO3. The molecule has 0 saturated carbocycles. The van der Waals surface area contributed by atoms with Crippen LogP contribution >= 0.6 is 11.6 Å². The maximum Gasteiger partial charge on any atom is 0.387 e. The number of ether oxygens (including phenoxy) is 2. The molecule has 7 heteroatoms. The Bertz CT molecular complexity index is 662. The molecule has 22 heavy (non-hydrogen) atoms. The average Bonchev–Trinajstić information content (AvgIpc) is 2.47. The lowest BCUT2D eigenvalue weighted by Crippen LogP contribution is -2.12. The van der Waals surface area contributed by atoms with Crippen molar-refractivity contribution in [2.75, 3.05) is 12.4 Å². The summed E-state index contributed by atoms with van der Waals surface area (Å²) < 4.78 is 34.0. The zero-order valence-electron chi connectivity index (χ0n) is 11.5. The maximum atomic E-state index is 12.4. The van der Waals surface area contributed by atoms with Crippen molar-refractivity contribution in [1.29, 1.82) is 0 Å². The average molecular weight is 328 g/mol. The second-order valence-electron chi connectivity index (χ2n) is 4.21. The number of carbonyl (C=O) groups excluding carboxylic acids is 1. The first-order valence-corrected chi connectivity index (χ1v) is 6.57. The van der Waals surface area contributed by atoms with Crippen molar-refractivity contribution in [3.63, 3.8) is 0 Å². The summed E-state index contributed by atoms with van der Waals surface area (Å²) in [5.74, 6) is -0.416. The molecule has 0 aliphatic rings. The minimum Gasteiger partial charge on any atom is -0.493 e. The van der Waals surface area contributed by atoms with E-state index in [2.05, 4.69) is 10.1 Å². The Balaban J connectivity index is 2.18. The topological polar surface area (TPSA) is 47.6 Å². The van der Waals surface area contributed by atoms with E-state index in [1.54, 1.807) is 24.3 Å². The second kappa shape index (κ2) is 7.09. The van der Waals surface area contributed by atoms with Gasteiger partial charge in [-0.05, 0) is 36.4 Å². The normalized spacial score (nSPS) is 10.4. The van der Waals surface area contributed by atoms with E-state index in [-0.39, 0.29) is 11.5 Å². The first-order valence-electron chi connectivity index (χ1n) is 6.19. The molecular weight excluding hydrogens is 316 g/mol. The third-order valence-electron chi connectivity index (χ3n) is 2.74. The van der Waals surface area contributed by atoms with Crippen LogP contribution < -0.4 is 14.8 Å². The highest BCUT2D eigenvalue weighted by Crippen LogP contribution is 2.31. The first-order chi connectivity index (χ1) is 10.5. The molecule has 4 nitrogen and oxygen atoms in total. The van der Waals surface area contributed by atoms with Crippen LogP contribution in [0.15, 0.2) is 42.5 Å². The Morgan fingerprint density at radius 3 is 2.41 bits per heavy atom. The molecule has 116 valence electrons. The number of amides is 1. The summed E-state index contributed by atoms with van der Waals surface area (Å²) >= 11 is 5.75. The molecule has 0 aliphatic heterocycles. The highest BCUT2D eigenvalue weighted by molar-refractivity contribution is 6.30. The van der Waals surface area contributed by atoms with Crippen LogP contribution in [-0.4, -0.2) is 19.6 Å². The van der Waals surface area contributed by atoms with Crippen molar-refractivity contribution in [3.8, 4) is 11.5 Å². The number of carbonyl (C=O) groups is 1. The third-order valence-corrected chi connectivity index (χ3v) is 3.00. The molecule has 0 aromatic heterocycles. The van der Waals surface area contributed by atoms with Crippen LogP contribution in [0.4, 0.5) is 14.5 Å². The minimum absolute atomic E-state index is 0.143. The lowest BCUT2D eigenvalue weighted by atomic mass is 10.2. The third kappa shape index (κ3) is 4.08. The zero-order valence-corrected chi connectivity index (χ0v) is 12.2. The fourth-order valence-electron chi connectivity index (χ4n) is 1.75. The summed E-state index contributed by atoms with van der Waals surface area (Å²) in [4.78, 5) is 12.0. The van der Waals surface area contributed by atoms with Crippen LogP contribution in [0.2, 0.25) is 5.02 Å². The van der Waals surface area contributed by atoms with Gasteiger partial charge in [-0.3, -0.25) is 4.79 Å². The number of nitrogens with one attached hydrogen (secondary N) is 1. The summed E-state index contributed by atoms with van der Waals surface area (Å²) in [5, 5.41) is 3.09. The molecule has 2 aromatic carbocycles. The van der Waals surface area contributed by atoms with Gasteiger partial charge in [-0.25, -0.2) is 0 Å². The maximum absolute atomic E-state index is 12.4. The summed E-state index contributed by atoms with van der Waals surface area (Å²) in [6.45, 7) is -2.99. The van der Waals surface area contributed by atoms with Gasteiger partial charge in [-0.2, -0.15) is 8.78 Å². The summed E-state index contributed by atoms with van der Waals surface area (Å²) in [5.41, 5.74) is 0.688. The van der Waals surface area contributed by atoms with Gasteiger partial charge in [-0.1, -0.05) is 11.6 Å². The Labute approximate surface area is 130 Å². The van der Waals surface area contributed by atoms with E-state index in [1.165, 1.54) is 25.3 Å². The number of methoxy groups -OCH3 is 1. The Morgan fingerprint density at radius 2 is 1.82 bits per heavy atom. The van der Waals surface area contributed by atoms with Gasteiger partial charge in [0.2, 0.25) is 0 Å². The number of hydrogen-bond acceptors (Lipinski definition) is 3. The highest BCUT2D eigenvalue weighted by atomic mass is 35.5. The van der Waals surface area contributed by atoms with Crippen molar-refractivity contribution in [1.82, 2.24) is 0 Å². The second-order valence-corrected chi connectivity index (χ2v) is 4.64. The van der Waals surface area contributed by atoms with Crippen molar-refractivity contribution < 1.29 is 23.0 Å². The van der Waals surface area contributed by atoms with Gasteiger partial charge in [0.15, 0.2) is 11.5 Å². The molecule has 0 aliphatic carbocycles. The van der Waals surface area contributed by atoms with Gasteiger partial charge in [0.1, 0.15) is 0 Å². The highest BCUT2D eigenvalue weighted by Gasteiger charge is 2.13. The van der Waals surface area contributed by atoms with E-state index in [1.807, 2.05) is 0 Å². The number of benzene rings is 2. The molecule has 0 unspecified atom stereocenters. The predicted octanol–water partition coefficient (Wildman–Crippen LogP) is 4.20. The lowest BCUT2D eigenvalue weighted by molar-refractivity contribution is -0.0511. The fraction of sp³-hybridized carbons (Fsp3) is 0.133. The summed E-state index contributed by atoms with van der Waals surface area (Å²) in [7, 11) is 1.33. The Morgan fingerprint density at radius 1 is 1.14 bits per heavy atom. The minimum atomic E-state index is -2.99. The molecule has 0 bridgehead atoms. The molecule has 0 radical (unpaired) electrons. The van der Waals surface area contributed by atoms with Gasteiger partial charge in [0.05, 0.1) is 7.11 Å². The number of alkyl halides is 2. The van der Waals surface area contributed by atoms with Gasteiger partial charge >= 0.3 is 6.61 Å². The molecule has 0 heterocycles. The van der Waals surface area contributed by atoms with Crippen molar-refractivity contribution in [3.05, 3.63) is 53.1 Å². The van der Waals surface area contributed by atoms with Crippen LogP contribution in [-0.2, 0) is 0 Å². The Hall–Kier alpha value is -2.34. The zero-order chi connectivity index (χ0) is 16.1. The standard InChI is InChI=1S/C15H12ClF2NO3/c1-21-12-7-6-11(8-13(12)22-15(17)18)19-14(20)9-2-4-10(16)5-3-9/h2-8,15H,1H3,(H,19,20). The van der Waals surface area contributed by atoms with Crippen molar-refractivity contribution in [2.45, 2.75) is 6.61 Å². The van der Waals surface area contributed by atoms with Crippen LogP contribution in [0.3, 0.4) is 0 Å². The fourth-order valence-corrected chi connectivity index (χ4v) is 1.87. The molecule has 1 amide bonds. The quantitative estimate of drug-likeness (QED) is 0.895. The van der Waals surface area contributed by atoms with E-state index in [9.17, 15) is 13.6 Å². The number of halogens is 3. The van der Waals surface area contributed by atoms with Gasteiger partial charge in [0, 0.05) is 22.3 Å². The number of anilines is 1. The van der Waals surface area contributed by atoms with Crippen LogP contribution in [0.5, 0.6) is 11.5 Å². The Kier molecular flexibility index (Phi) is 5.16. The van der Waals surface area contributed by atoms with Gasteiger partial charge in [-0.15, -0.1) is 0 Å². The monoisotopic (exact) mass is 327 g/mol. The molecule has 0 saturated heterocycles. The molecule has 0 fully saturated rings. The molecule has 2 rings (SSSR count). The van der Waals surface area contributed by atoms with E-state index in [0.717, 1.165) is 0 Å². The van der Waals surface area contributed by atoms with Crippen LogP contribution in [0.1, 0.15) is 10.4 Å². The van der Waals surface area contributed by atoms with E-state index in [0.29, 0.717) is 16.3 Å². The number of hydrogen-bond donors (Lipinski definition) is 1. The molecule has 0 atom stereocenters. The first kappa shape index (κ1) is 16.0. The molecule has 1 N–H and O–H groups in total. The van der Waals surface area contributed by atoms with Crippen molar-refractivity contribution >= 4 is 23.2 Å². The summed E-state index contributed by atoms with van der Waals surface area (Å²) in [6.07, 6.45) is 0. The van der Waals surface area contributed by atoms with Crippen LogP contribution in [0, 0.1) is 0 Å².